The van der Waals surface area contributed by atoms with Crippen molar-refractivity contribution in [3.63, 3.8) is 0 Å². The third kappa shape index (κ3) is 5.34. The van der Waals surface area contributed by atoms with E-state index in [-0.39, 0.29) is 28.6 Å². The number of hydrogen-bond acceptors (Lipinski definition) is 5. The second-order valence-corrected chi connectivity index (χ2v) is 9.08. The molecule has 2 aromatic rings. The minimum atomic E-state index is -5.06. The van der Waals surface area contributed by atoms with E-state index in [0.29, 0.717) is 12.6 Å². The Morgan fingerprint density at radius 1 is 1.19 bits per heavy atom. The number of methoxy groups -OCH3 is 1. The van der Waals surface area contributed by atoms with Crippen molar-refractivity contribution in [1.82, 2.24) is 4.90 Å². The van der Waals surface area contributed by atoms with Crippen molar-refractivity contribution in [2.45, 2.75) is 23.6 Å². The van der Waals surface area contributed by atoms with Crippen LogP contribution in [-0.2, 0) is 16.2 Å². The molecule has 0 spiro atoms. The number of alkyl halides is 3. The monoisotopic (exact) mass is 482 g/mol. The highest BCUT2D eigenvalue weighted by Crippen LogP contribution is 2.39. The van der Waals surface area contributed by atoms with Gasteiger partial charge < -0.3 is 14.4 Å². The number of likely N-dealkylation sites (tertiary alicyclic amines) is 1. The summed E-state index contributed by atoms with van der Waals surface area (Å²) in [6.07, 6.45) is -4.49. The van der Waals surface area contributed by atoms with Crippen LogP contribution in [0.3, 0.4) is 0 Å². The second-order valence-electron chi connectivity index (χ2n) is 7.02. The molecule has 31 heavy (non-hydrogen) atoms. The highest BCUT2D eigenvalue weighted by atomic mass is 35.5. The van der Waals surface area contributed by atoms with Gasteiger partial charge in [0.2, 0.25) is 0 Å². The van der Waals surface area contributed by atoms with Crippen molar-refractivity contribution in [3.8, 4) is 11.5 Å². The Morgan fingerprint density at radius 3 is 2.48 bits per heavy atom. The van der Waals surface area contributed by atoms with Crippen LogP contribution in [0.4, 0.5) is 23.2 Å². The van der Waals surface area contributed by atoms with E-state index in [9.17, 15) is 26.0 Å². The van der Waals surface area contributed by atoms with Gasteiger partial charge in [0, 0.05) is 19.2 Å². The molecule has 0 unspecified atom stereocenters. The van der Waals surface area contributed by atoms with Gasteiger partial charge in [0.1, 0.15) is 16.7 Å². The van der Waals surface area contributed by atoms with Crippen LogP contribution in [0.5, 0.6) is 11.5 Å². The summed E-state index contributed by atoms with van der Waals surface area (Å²) in [5, 5.41) is 0.212. The summed E-state index contributed by atoms with van der Waals surface area (Å²) in [7, 11) is -1.92. The summed E-state index contributed by atoms with van der Waals surface area (Å²) in [5.74, 6) is -1.80. The van der Waals surface area contributed by atoms with Gasteiger partial charge in [-0.15, -0.1) is 0 Å². The van der Waals surface area contributed by atoms with Crippen LogP contribution in [0.2, 0.25) is 5.02 Å². The number of sulfonamides is 1. The van der Waals surface area contributed by atoms with E-state index in [1.807, 2.05) is 16.7 Å². The number of halogens is 5. The fourth-order valence-electron chi connectivity index (χ4n) is 3.17. The first-order chi connectivity index (χ1) is 14.4. The van der Waals surface area contributed by atoms with Crippen molar-refractivity contribution < 1.29 is 35.5 Å². The minimum Gasteiger partial charge on any atom is -0.494 e. The number of benzene rings is 2. The number of rotatable bonds is 6. The third-order valence-electron chi connectivity index (χ3n) is 4.67. The van der Waals surface area contributed by atoms with Gasteiger partial charge in [-0.05, 0) is 37.7 Å². The molecule has 0 aliphatic carbocycles. The van der Waals surface area contributed by atoms with Crippen molar-refractivity contribution in [2.75, 3.05) is 32.0 Å². The standard InChI is InChI=1S/C19H19ClF4N2O4S/c1-26-6-5-12(10-26)30-16-7-11(3-4-14(16)20)25-31(27,28)18-9-15(21)17(29-2)8-13(18)19(22,23)24/h3-4,7-9,12,25H,5-6,10H2,1-2H3/t12-/m1/s1. The van der Waals surface area contributed by atoms with Crippen molar-refractivity contribution in [3.05, 3.63) is 46.7 Å². The van der Waals surface area contributed by atoms with Crippen LogP contribution in [0.1, 0.15) is 12.0 Å². The lowest BCUT2D eigenvalue weighted by Crippen LogP contribution is -2.22. The number of nitrogens with one attached hydrogen (secondary N) is 1. The Hall–Kier alpha value is -2.24. The van der Waals surface area contributed by atoms with Crippen LogP contribution in [0.25, 0.3) is 0 Å². The Morgan fingerprint density at radius 2 is 1.90 bits per heavy atom. The zero-order valence-corrected chi connectivity index (χ0v) is 18.0. The zero-order chi connectivity index (χ0) is 23.0. The van der Waals surface area contributed by atoms with Gasteiger partial charge >= 0.3 is 6.18 Å². The molecule has 12 heteroatoms. The molecule has 0 saturated carbocycles. The van der Waals surface area contributed by atoms with Crippen LogP contribution in [-0.4, -0.2) is 46.7 Å². The molecular formula is C19H19ClF4N2O4S. The topological polar surface area (TPSA) is 67.9 Å². The molecule has 0 aromatic heterocycles. The number of nitrogens with zero attached hydrogens (tertiary/aromatic N) is 1. The molecule has 1 aliphatic rings. The molecule has 3 rings (SSSR count). The molecule has 2 aromatic carbocycles. The van der Waals surface area contributed by atoms with Crippen molar-refractivity contribution in [2.24, 2.45) is 0 Å². The van der Waals surface area contributed by atoms with Gasteiger partial charge in [-0.1, -0.05) is 11.6 Å². The maximum absolute atomic E-state index is 14.0. The van der Waals surface area contributed by atoms with E-state index < -0.39 is 38.2 Å². The summed E-state index contributed by atoms with van der Waals surface area (Å²) in [6.45, 7) is 1.46. The molecule has 1 heterocycles. The predicted molar refractivity (Wildman–Crippen MR) is 107 cm³/mol. The van der Waals surface area contributed by atoms with Crippen molar-refractivity contribution >= 4 is 27.3 Å². The van der Waals surface area contributed by atoms with Crippen LogP contribution in [0, 0.1) is 5.82 Å². The average molecular weight is 483 g/mol. The van der Waals surface area contributed by atoms with E-state index in [1.165, 1.54) is 18.2 Å². The largest absolute Gasteiger partial charge is 0.494 e. The molecule has 1 aliphatic heterocycles. The van der Waals surface area contributed by atoms with Crippen LogP contribution >= 0.6 is 11.6 Å². The molecule has 1 atom stereocenters. The first-order valence-corrected chi connectivity index (χ1v) is 10.9. The highest BCUT2D eigenvalue weighted by molar-refractivity contribution is 7.92. The second kappa shape index (κ2) is 8.71. The van der Waals surface area contributed by atoms with Gasteiger partial charge in [-0.2, -0.15) is 13.2 Å². The van der Waals surface area contributed by atoms with E-state index >= 15 is 0 Å². The minimum absolute atomic E-state index is 0.0879. The molecule has 1 N–H and O–H groups in total. The quantitative estimate of drug-likeness (QED) is 0.618. The van der Waals surface area contributed by atoms with E-state index in [4.69, 9.17) is 16.3 Å². The van der Waals surface area contributed by atoms with E-state index in [0.717, 1.165) is 20.1 Å². The van der Waals surface area contributed by atoms with E-state index in [1.54, 1.807) is 0 Å². The van der Waals surface area contributed by atoms with Crippen LogP contribution in [0.15, 0.2) is 35.2 Å². The van der Waals surface area contributed by atoms with E-state index in [2.05, 4.69) is 4.74 Å². The Balaban J connectivity index is 1.94. The van der Waals surface area contributed by atoms with Crippen molar-refractivity contribution in [1.29, 1.82) is 0 Å². The fourth-order valence-corrected chi connectivity index (χ4v) is 4.61. The zero-order valence-electron chi connectivity index (χ0n) is 16.5. The first kappa shape index (κ1) is 23.4. The third-order valence-corrected chi connectivity index (χ3v) is 6.41. The maximum Gasteiger partial charge on any atom is 0.417 e. The fraction of sp³-hybridized carbons (Fsp3) is 0.368. The Labute approximate surface area is 181 Å². The highest BCUT2D eigenvalue weighted by Gasteiger charge is 2.39. The maximum atomic E-state index is 14.0. The van der Waals surface area contributed by atoms with Gasteiger partial charge in [0.15, 0.2) is 11.6 Å². The number of anilines is 1. The SMILES string of the molecule is COc1cc(C(F)(F)F)c(S(=O)(=O)Nc2ccc(Cl)c(O[C@@H]3CCN(C)C3)c2)cc1F. The summed E-state index contributed by atoms with van der Waals surface area (Å²) in [4.78, 5) is 0.773. The Kier molecular flexibility index (Phi) is 6.59. The molecule has 6 nitrogen and oxygen atoms in total. The molecule has 0 radical (unpaired) electrons. The lowest BCUT2D eigenvalue weighted by Gasteiger charge is -2.18. The Bertz CT molecular complexity index is 1080. The lowest BCUT2D eigenvalue weighted by atomic mass is 10.2. The summed E-state index contributed by atoms with van der Waals surface area (Å²) in [6, 6.07) is 4.46. The number of likely N-dealkylation sites (N-methyl/N-ethyl adjacent to an activating group) is 1. The molecule has 0 bridgehead atoms. The van der Waals surface area contributed by atoms with Gasteiger partial charge in [-0.3, -0.25) is 4.72 Å². The van der Waals surface area contributed by atoms with Gasteiger partial charge in [0.05, 0.1) is 23.4 Å². The average Bonchev–Trinajstić information content (AvgIpc) is 3.08. The smallest absolute Gasteiger partial charge is 0.417 e. The number of hydrogen-bond donors (Lipinski definition) is 1. The summed E-state index contributed by atoms with van der Waals surface area (Å²) in [5.41, 5.74) is -1.65. The normalized spacial score (nSPS) is 17.6. The first-order valence-electron chi connectivity index (χ1n) is 9.03. The predicted octanol–water partition coefficient (Wildman–Crippen LogP) is 4.39. The van der Waals surface area contributed by atoms with Crippen LogP contribution < -0.4 is 14.2 Å². The van der Waals surface area contributed by atoms with Gasteiger partial charge in [0.25, 0.3) is 10.0 Å². The molecule has 1 saturated heterocycles. The number of ether oxygens (including phenoxy) is 2. The van der Waals surface area contributed by atoms with Gasteiger partial charge in [-0.25, -0.2) is 12.8 Å². The lowest BCUT2D eigenvalue weighted by molar-refractivity contribution is -0.140. The summed E-state index contributed by atoms with van der Waals surface area (Å²) < 4.78 is 92.1. The summed E-state index contributed by atoms with van der Waals surface area (Å²) >= 11 is 6.11. The molecule has 1 fully saturated rings. The molecule has 170 valence electrons. The molecule has 0 amide bonds. The molecular weight excluding hydrogens is 464 g/mol.